The number of thiazole rings is 1. The van der Waals surface area contributed by atoms with Gasteiger partial charge < -0.3 is 16.0 Å². The van der Waals surface area contributed by atoms with Crippen molar-refractivity contribution in [1.82, 2.24) is 10.3 Å². The van der Waals surface area contributed by atoms with Crippen molar-refractivity contribution < 1.29 is 9.59 Å². The first-order chi connectivity index (χ1) is 13.0. The van der Waals surface area contributed by atoms with Gasteiger partial charge in [0.05, 0.1) is 21.6 Å². The summed E-state index contributed by atoms with van der Waals surface area (Å²) in [6.07, 6.45) is 3.12. The lowest BCUT2D eigenvalue weighted by Crippen LogP contribution is -2.34. The topological polar surface area (TPSA) is 83.1 Å². The molecule has 0 atom stereocenters. The van der Waals surface area contributed by atoms with Crippen molar-refractivity contribution in [2.24, 2.45) is 0 Å². The van der Waals surface area contributed by atoms with E-state index in [4.69, 9.17) is 0 Å². The van der Waals surface area contributed by atoms with Gasteiger partial charge in [-0.3, -0.25) is 4.79 Å². The number of anilines is 2. The van der Waals surface area contributed by atoms with Crippen LogP contribution >= 0.6 is 11.3 Å². The summed E-state index contributed by atoms with van der Waals surface area (Å²) in [6, 6.07) is 14.6. The molecule has 0 unspecified atom stereocenters. The largest absolute Gasteiger partial charge is 0.336 e. The molecule has 7 heteroatoms. The maximum atomic E-state index is 12.3. The number of fused-ring (bicyclic) bond motifs is 1. The molecule has 3 N–H and O–H groups in total. The second kappa shape index (κ2) is 8.46. The van der Waals surface area contributed by atoms with E-state index in [1.165, 1.54) is 17.4 Å². The van der Waals surface area contributed by atoms with Gasteiger partial charge >= 0.3 is 6.03 Å². The number of nitrogens with zero attached hydrogens (tertiary/aromatic N) is 1. The second-order valence-electron chi connectivity index (χ2n) is 6.14. The quantitative estimate of drug-likeness (QED) is 0.571. The van der Waals surface area contributed by atoms with Gasteiger partial charge in [-0.15, -0.1) is 11.3 Å². The van der Waals surface area contributed by atoms with E-state index in [-0.39, 0.29) is 18.0 Å². The van der Waals surface area contributed by atoms with Crippen LogP contribution in [0.15, 0.2) is 54.6 Å². The van der Waals surface area contributed by atoms with E-state index in [0.29, 0.717) is 11.4 Å². The maximum absolute atomic E-state index is 12.3. The van der Waals surface area contributed by atoms with E-state index in [9.17, 15) is 9.59 Å². The lowest BCUT2D eigenvalue weighted by atomic mass is 10.2. The lowest BCUT2D eigenvalue weighted by Gasteiger charge is -2.13. The van der Waals surface area contributed by atoms with Crippen LogP contribution in [0.5, 0.6) is 0 Å². The first-order valence-electron chi connectivity index (χ1n) is 8.52. The number of carbonyl (C=O) groups is 2. The Hall–Kier alpha value is -3.19. The van der Waals surface area contributed by atoms with Crippen LogP contribution in [0.2, 0.25) is 0 Å². The van der Waals surface area contributed by atoms with Crippen LogP contribution in [0.4, 0.5) is 16.2 Å². The van der Waals surface area contributed by atoms with Crippen molar-refractivity contribution in [3.63, 3.8) is 0 Å². The van der Waals surface area contributed by atoms with Crippen molar-refractivity contribution in [2.45, 2.75) is 19.9 Å². The van der Waals surface area contributed by atoms with Gasteiger partial charge in [0.15, 0.2) is 0 Å². The standard InChI is InChI=1S/C20H20N4O2S/c1-13(2)21-20(26)24-15-8-4-3-7-14(15)22-18(25)11-12-19-23-16-9-5-6-10-17(16)27-19/h3-13H,1-2H3,(H,22,25)(H2,21,24,26)/b12-11+. The molecule has 0 saturated carbocycles. The number of urea groups is 1. The molecule has 0 bridgehead atoms. The van der Waals surface area contributed by atoms with Crippen molar-refractivity contribution in [1.29, 1.82) is 0 Å². The number of amides is 3. The summed E-state index contributed by atoms with van der Waals surface area (Å²) in [6.45, 7) is 3.75. The van der Waals surface area contributed by atoms with E-state index < -0.39 is 0 Å². The first kappa shape index (κ1) is 18.6. The molecule has 0 saturated heterocycles. The fraction of sp³-hybridized carbons (Fsp3) is 0.150. The zero-order valence-corrected chi connectivity index (χ0v) is 15.8. The van der Waals surface area contributed by atoms with Gasteiger partial charge in [0, 0.05) is 12.1 Å². The van der Waals surface area contributed by atoms with Crippen molar-refractivity contribution in [2.75, 3.05) is 10.6 Å². The molecule has 1 aromatic heterocycles. The van der Waals surface area contributed by atoms with Crippen LogP contribution in [-0.2, 0) is 4.79 Å². The van der Waals surface area contributed by atoms with Gasteiger partial charge in [-0.25, -0.2) is 9.78 Å². The Labute approximate surface area is 161 Å². The lowest BCUT2D eigenvalue weighted by molar-refractivity contribution is -0.111. The minimum absolute atomic E-state index is 0.0171. The number of rotatable bonds is 5. The van der Waals surface area contributed by atoms with Crippen molar-refractivity contribution in [3.05, 3.63) is 59.6 Å². The average molecular weight is 380 g/mol. The van der Waals surface area contributed by atoms with Crippen LogP contribution in [-0.4, -0.2) is 23.0 Å². The fourth-order valence-corrected chi connectivity index (χ4v) is 3.27. The summed E-state index contributed by atoms with van der Waals surface area (Å²) < 4.78 is 1.07. The number of benzene rings is 2. The molecule has 3 amide bonds. The minimum atomic E-state index is -0.322. The third-order valence-corrected chi connectivity index (χ3v) is 4.54. The SMILES string of the molecule is CC(C)NC(=O)Nc1ccccc1NC(=O)/C=C/c1nc2ccccc2s1. The number of hydrogen-bond acceptors (Lipinski definition) is 4. The van der Waals surface area contributed by atoms with E-state index >= 15 is 0 Å². The molecule has 0 fully saturated rings. The Morgan fingerprint density at radius 3 is 2.37 bits per heavy atom. The molecule has 0 aliphatic heterocycles. The second-order valence-corrected chi connectivity index (χ2v) is 7.20. The third kappa shape index (κ3) is 5.15. The molecule has 2 aromatic carbocycles. The van der Waals surface area contributed by atoms with Gasteiger partial charge in [-0.1, -0.05) is 24.3 Å². The third-order valence-electron chi connectivity index (χ3n) is 3.54. The Morgan fingerprint density at radius 1 is 1.00 bits per heavy atom. The van der Waals surface area contributed by atoms with Crippen LogP contribution < -0.4 is 16.0 Å². The Balaban J connectivity index is 1.67. The van der Waals surface area contributed by atoms with Gasteiger partial charge in [0.1, 0.15) is 5.01 Å². The summed E-state index contributed by atoms with van der Waals surface area (Å²) in [5.41, 5.74) is 1.96. The monoisotopic (exact) mass is 380 g/mol. The smallest absolute Gasteiger partial charge is 0.319 e. The van der Waals surface area contributed by atoms with E-state index in [0.717, 1.165) is 15.2 Å². The molecule has 3 rings (SSSR count). The van der Waals surface area contributed by atoms with Crippen LogP contribution in [0, 0.1) is 0 Å². The number of carbonyl (C=O) groups excluding carboxylic acids is 2. The summed E-state index contributed by atoms with van der Waals surface area (Å²) in [5, 5.41) is 9.03. The van der Waals surface area contributed by atoms with Gasteiger partial charge in [-0.2, -0.15) is 0 Å². The van der Waals surface area contributed by atoms with Crippen molar-refractivity contribution >= 4 is 50.9 Å². The molecule has 0 aliphatic rings. The number of nitrogens with one attached hydrogen (secondary N) is 3. The van der Waals surface area contributed by atoms with Gasteiger partial charge in [-0.05, 0) is 44.2 Å². The number of hydrogen-bond donors (Lipinski definition) is 3. The van der Waals surface area contributed by atoms with Crippen LogP contribution in [0.25, 0.3) is 16.3 Å². The molecule has 27 heavy (non-hydrogen) atoms. The molecule has 0 spiro atoms. The predicted molar refractivity (Wildman–Crippen MR) is 111 cm³/mol. The summed E-state index contributed by atoms with van der Waals surface area (Å²) in [4.78, 5) is 28.6. The Kier molecular flexibility index (Phi) is 5.83. The van der Waals surface area contributed by atoms with Gasteiger partial charge in [0.25, 0.3) is 0 Å². The van der Waals surface area contributed by atoms with E-state index in [1.807, 2.05) is 38.1 Å². The highest BCUT2D eigenvalue weighted by Crippen LogP contribution is 2.23. The maximum Gasteiger partial charge on any atom is 0.319 e. The van der Waals surface area contributed by atoms with Gasteiger partial charge in [0.2, 0.25) is 5.91 Å². The van der Waals surface area contributed by atoms with Crippen LogP contribution in [0.3, 0.4) is 0 Å². The predicted octanol–water partition coefficient (Wildman–Crippen LogP) is 4.48. The van der Waals surface area contributed by atoms with E-state index in [1.54, 1.807) is 30.3 Å². The highest BCUT2D eigenvalue weighted by Gasteiger charge is 2.09. The highest BCUT2D eigenvalue weighted by atomic mass is 32.1. The Morgan fingerprint density at radius 2 is 1.67 bits per heavy atom. The molecule has 6 nitrogen and oxygen atoms in total. The zero-order valence-electron chi connectivity index (χ0n) is 15.0. The summed E-state index contributed by atoms with van der Waals surface area (Å²) >= 11 is 1.52. The highest BCUT2D eigenvalue weighted by molar-refractivity contribution is 7.19. The molecule has 3 aromatic rings. The van der Waals surface area contributed by atoms with E-state index in [2.05, 4.69) is 20.9 Å². The van der Waals surface area contributed by atoms with Crippen LogP contribution in [0.1, 0.15) is 18.9 Å². The Bertz CT molecular complexity index is 961. The molecule has 138 valence electrons. The summed E-state index contributed by atoms with van der Waals surface area (Å²) in [7, 11) is 0. The number of aromatic nitrogens is 1. The average Bonchev–Trinajstić information content (AvgIpc) is 3.04. The zero-order chi connectivity index (χ0) is 19.2. The normalized spacial score (nSPS) is 11.1. The summed E-state index contributed by atoms with van der Waals surface area (Å²) in [5.74, 6) is -0.298. The molecular formula is C20H20N4O2S. The minimum Gasteiger partial charge on any atom is -0.336 e. The number of para-hydroxylation sites is 3. The molecular weight excluding hydrogens is 360 g/mol. The molecule has 0 radical (unpaired) electrons. The van der Waals surface area contributed by atoms with Crippen molar-refractivity contribution in [3.8, 4) is 0 Å². The first-order valence-corrected chi connectivity index (χ1v) is 9.34. The fourth-order valence-electron chi connectivity index (χ4n) is 2.40. The molecule has 0 aliphatic carbocycles. The molecule has 1 heterocycles.